The lowest BCUT2D eigenvalue weighted by Crippen LogP contribution is -2.49. The minimum absolute atomic E-state index is 0.0392. The number of pyridine rings is 1. The van der Waals surface area contributed by atoms with E-state index in [2.05, 4.69) is 4.98 Å². The van der Waals surface area contributed by atoms with Crippen molar-refractivity contribution in [2.75, 3.05) is 31.1 Å². The van der Waals surface area contributed by atoms with Gasteiger partial charge in [-0.3, -0.25) is 9.20 Å². The lowest BCUT2D eigenvalue weighted by molar-refractivity contribution is -0.137. The molecule has 30 heavy (non-hydrogen) atoms. The van der Waals surface area contributed by atoms with Crippen LogP contribution >= 0.6 is 11.6 Å². The van der Waals surface area contributed by atoms with Crippen LogP contribution in [0.25, 0.3) is 5.65 Å². The van der Waals surface area contributed by atoms with Crippen molar-refractivity contribution in [1.82, 2.24) is 14.3 Å². The molecular formula is C20H17ClF4N4O. The van der Waals surface area contributed by atoms with Gasteiger partial charge in [0.2, 0.25) is 0 Å². The highest BCUT2D eigenvalue weighted by molar-refractivity contribution is 6.33. The SMILES string of the molecule is Cc1nc2c(Cl)cc(C(F)(F)F)cn2c1C(=O)N1CCN(c2ccccc2F)CC1. The maximum absolute atomic E-state index is 14.0. The van der Waals surface area contributed by atoms with Crippen LogP contribution < -0.4 is 4.90 Å². The number of fused-ring (bicyclic) bond motifs is 1. The maximum atomic E-state index is 14.0. The Morgan fingerprint density at radius 1 is 1.13 bits per heavy atom. The molecule has 0 N–H and O–H groups in total. The fraction of sp³-hybridized carbons (Fsp3) is 0.300. The normalized spacial score (nSPS) is 15.1. The molecule has 4 rings (SSSR count). The molecule has 0 atom stereocenters. The monoisotopic (exact) mass is 440 g/mol. The fourth-order valence-corrected chi connectivity index (χ4v) is 3.89. The van der Waals surface area contributed by atoms with Crippen molar-refractivity contribution in [3.05, 3.63) is 64.3 Å². The third-order valence-electron chi connectivity index (χ3n) is 5.14. The highest BCUT2D eigenvalue weighted by atomic mass is 35.5. The Balaban J connectivity index is 1.62. The van der Waals surface area contributed by atoms with Gasteiger partial charge in [-0.25, -0.2) is 9.37 Å². The molecule has 3 aromatic rings. The highest BCUT2D eigenvalue weighted by Gasteiger charge is 2.34. The molecule has 2 aromatic heterocycles. The summed E-state index contributed by atoms with van der Waals surface area (Å²) in [5, 5.41) is -0.184. The molecule has 1 saturated heterocycles. The molecular weight excluding hydrogens is 424 g/mol. The van der Waals surface area contributed by atoms with E-state index in [1.54, 1.807) is 25.1 Å². The average molecular weight is 441 g/mol. The summed E-state index contributed by atoms with van der Waals surface area (Å²) in [7, 11) is 0. The Labute approximate surface area is 174 Å². The number of hydrogen-bond donors (Lipinski definition) is 0. The third kappa shape index (κ3) is 3.58. The van der Waals surface area contributed by atoms with Gasteiger partial charge in [-0.15, -0.1) is 0 Å². The first-order valence-electron chi connectivity index (χ1n) is 9.21. The van der Waals surface area contributed by atoms with Gasteiger partial charge in [0, 0.05) is 32.4 Å². The third-order valence-corrected chi connectivity index (χ3v) is 5.42. The van der Waals surface area contributed by atoms with Crippen LogP contribution in [0.15, 0.2) is 36.5 Å². The Kier molecular flexibility index (Phi) is 5.09. The van der Waals surface area contributed by atoms with Crippen molar-refractivity contribution in [3.63, 3.8) is 0 Å². The second-order valence-corrected chi connectivity index (χ2v) is 7.45. The van der Waals surface area contributed by atoms with Crippen LogP contribution in [0.3, 0.4) is 0 Å². The second-order valence-electron chi connectivity index (χ2n) is 7.04. The van der Waals surface area contributed by atoms with E-state index in [9.17, 15) is 22.4 Å². The van der Waals surface area contributed by atoms with Gasteiger partial charge in [-0.1, -0.05) is 23.7 Å². The summed E-state index contributed by atoms with van der Waals surface area (Å²) in [4.78, 5) is 20.7. The van der Waals surface area contributed by atoms with Crippen LogP contribution in [0.2, 0.25) is 5.02 Å². The number of nitrogens with zero attached hydrogens (tertiary/aromatic N) is 4. The molecule has 0 radical (unpaired) electrons. The molecule has 0 unspecified atom stereocenters. The van der Waals surface area contributed by atoms with Gasteiger partial charge < -0.3 is 9.80 Å². The molecule has 1 aliphatic heterocycles. The van der Waals surface area contributed by atoms with Gasteiger partial charge >= 0.3 is 6.18 Å². The lowest BCUT2D eigenvalue weighted by Gasteiger charge is -2.36. The summed E-state index contributed by atoms with van der Waals surface area (Å²) in [6.07, 6.45) is -3.77. The molecule has 5 nitrogen and oxygen atoms in total. The van der Waals surface area contributed by atoms with Crippen molar-refractivity contribution < 1.29 is 22.4 Å². The predicted molar refractivity (Wildman–Crippen MR) is 104 cm³/mol. The summed E-state index contributed by atoms with van der Waals surface area (Å²) < 4.78 is 54.7. The molecule has 10 heteroatoms. The van der Waals surface area contributed by atoms with E-state index in [1.165, 1.54) is 11.0 Å². The Morgan fingerprint density at radius 3 is 2.43 bits per heavy atom. The minimum Gasteiger partial charge on any atom is -0.366 e. The maximum Gasteiger partial charge on any atom is 0.417 e. The second kappa shape index (κ2) is 7.46. The van der Waals surface area contributed by atoms with Gasteiger partial charge in [0.15, 0.2) is 5.65 Å². The average Bonchev–Trinajstić information content (AvgIpc) is 3.04. The fourth-order valence-electron chi connectivity index (χ4n) is 3.64. The number of rotatable bonds is 2. The first-order chi connectivity index (χ1) is 14.2. The number of alkyl halides is 3. The number of imidazole rings is 1. The van der Waals surface area contributed by atoms with Crippen LogP contribution in [-0.4, -0.2) is 46.4 Å². The van der Waals surface area contributed by atoms with Gasteiger partial charge in [0.25, 0.3) is 5.91 Å². The largest absolute Gasteiger partial charge is 0.417 e. The summed E-state index contributed by atoms with van der Waals surface area (Å²) in [5.41, 5.74) is -0.0846. The van der Waals surface area contributed by atoms with E-state index in [0.717, 1.165) is 16.7 Å². The predicted octanol–water partition coefficient (Wildman–Crippen LogP) is 4.42. The van der Waals surface area contributed by atoms with E-state index in [4.69, 9.17) is 11.6 Å². The van der Waals surface area contributed by atoms with E-state index in [1.807, 2.05) is 4.90 Å². The smallest absolute Gasteiger partial charge is 0.366 e. The quantitative estimate of drug-likeness (QED) is 0.554. The number of carbonyl (C=O) groups is 1. The number of carbonyl (C=O) groups excluding carboxylic acids is 1. The van der Waals surface area contributed by atoms with Crippen LogP contribution in [0.1, 0.15) is 21.7 Å². The molecule has 1 amide bonds. The van der Waals surface area contributed by atoms with Crippen molar-refractivity contribution >= 4 is 28.8 Å². The topological polar surface area (TPSA) is 40.9 Å². The van der Waals surface area contributed by atoms with E-state index in [-0.39, 0.29) is 27.9 Å². The number of halogens is 5. The van der Waals surface area contributed by atoms with Crippen molar-refractivity contribution in [3.8, 4) is 0 Å². The van der Waals surface area contributed by atoms with Gasteiger partial charge in [-0.05, 0) is 25.1 Å². The Hall–Kier alpha value is -2.81. The zero-order valence-corrected chi connectivity index (χ0v) is 16.6. The first kappa shape index (κ1) is 20.5. The summed E-state index contributed by atoms with van der Waals surface area (Å²) in [6.45, 7) is 2.95. The van der Waals surface area contributed by atoms with Crippen LogP contribution in [0.4, 0.5) is 23.2 Å². The van der Waals surface area contributed by atoms with Crippen molar-refractivity contribution in [2.45, 2.75) is 13.1 Å². The van der Waals surface area contributed by atoms with Crippen LogP contribution in [0, 0.1) is 12.7 Å². The molecule has 1 fully saturated rings. The van der Waals surface area contributed by atoms with E-state index in [0.29, 0.717) is 31.9 Å². The molecule has 0 aliphatic carbocycles. The van der Waals surface area contributed by atoms with Crippen LogP contribution in [0.5, 0.6) is 0 Å². The zero-order valence-electron chi connectivity index (χ0n) is 15.9. The summed E-state index contributed by atoms with van der Waals surface area (Å²) >= 11 is 6.00. The van der Waals surface area contributed by atoms with Crippen molar-refractivity contribution in [1.29, 1.82) is 0 Å². The number of hydrogen-bond acceptors (Lipinski definition) is 3. The van der Waals surface area contributed by atoms with E-state index < -0.39 is 17.6 Å². The molecule has 3 heterocycles. The van der Waals surface area contributed by atoms with E-state index >= 15 is 0 Å². The number of amides is 1. The number of anilines is 1. The number of benzene rings is 1. The molecule has 0 saturated carbocycles. The van der Waals surface area contributed by atoms with Crippen molar-refractivity contribution in [2.24, 2.45) is 0 Å². The summed E-state index contributed by atoms with van der Waals surface area (Å²) in [5.74, 6) is -0.784. The Morgan fingerprint density at radius 2 is 1.80 bits per heavy atom. The number of aromatic nitrogens is 2. The summed E-state index contributed by atoms with van der Waals surface area (Å²) in [6, 6.07) is 7.18. The molecule has 0 spiro atoms. The first-order valence-corrected chi connectivity index (χ1v) is 9.59. The van der Waals surface area contributed by atoms with Gasteiger partial charge in [0.1, 0.15) is 11.5 Å². The molecule has 158 valence electrons. The highest BCUT2D eigenvalue weighted by Crippen LogP contribution is 2.33. The lowest BCUT2D eigenvalue weighted by atomic mass is 10.2. The molecule has 0 bridgehead atoms. The minimum atomic E-state index is -4.61. The molecule has 1 aromatic carbocycles. The zero-order chi connectivity index (χ0) is 21.6. The Bertz CT molecular complexity index is 1120. The number of aryl methyl sites for hydroxylation is 1. The molecule has 1 aliphatic rings. The van der Waals surface area contributed by atoms with Gasteiger partial charge in [0.05, 0.1) is 22.0 Å². The van der Waals surface area contributed by atoms with Crippen LogP contribution in [-0.2, 0) is 6.18 Å². The van der Waals surface area contributed by atoms with Gasteiger partial charge in [-0.2, -0.15) is 13.2 Å². The number of para-hydroxylation sites is 1. The standard InChI is InChI=1S/C20H17ClF4N4O/c1-12-17(29-11-13(20(23,24)25)10-14(21)18(29)26-12)19(30)28-8-6-27(7-9-28)16-5-3-2-4-15(16)22/h2-5,10-11H,6-9H2,1H3. The number of piperazine rings is 1.